The lowest BCUT2D eigenvalue weighted by Crippen LogP contribution is -2.52. The molecule has 1 heterocycles. The average Bonchev–Trinajstić information content (AvgIpc) is 2.43. The first kappa shape index (κ1) is 18.2. The number of rotatable bonds is 7. The number of aliphatic hydroxyl groups is 1. The van der Waals surface area contributed by atoms with Gasteiger partial charge in [0, 0.05) is 31.7 Å². The molecule has 2 amide bonds. The van der Waals surface area contributed by atoms with Crippen LogP contribution in [0.3, 0.4) is 0 Å². The number of piperidine rings is 1. The van der Waals surface area contributed by atoms with Gasteiger partial charge in [-0.25, -0.2) is 4.79 Å². The molecule has 1 rings (SSSR count). The molecule has 0 radical (unpaired) electrons. The second-order valence-corrected chi connectivity index (χ2v) is 6.51. The van der Waals surface area contributed by atoms with Gasteiger partial charge >= 0.3 is 6.03 Å². The topological polar surface area (TPSA) is 55.8 Å². The quantitative estimate of drug-likeness (QED) is 0.756. The summed E-state index contributed by atoms with van der Waals surface area (Å²) in [6.07, 6.45) is 4.05. The molecule has 0 bridgehead atoms. The van der Waals surface area contributed by atoms with E-state index < -0.39 is 6.10 Å². The number of unbranched alkanes of at least 4 members (excludes halogenated alkanes) is 1. The smallest absolute Gasteiger partial charge is 0.317 e. The molecule has 0 aliphatic carbocycles. The van der Waals surface area contributed by atoms with Gasteiger partial charge in [-0.05, 0) is 46.6 Å². The molecule has 0 aromatic carbocycles. The van der Waals surface area contributed by atoms with Crippen LogP contribution in [0.5, 0.6) is 0 Å². The first-order valence-electron chi connectivity index (χ1n) is 8.41. The molecule has 5 nitrogen and oxygen atoms in total. The van der Waals surface area contributed by atoms with Crippen molar-refractivity contribution in [3.8, 4) is 0 Å². The zero-order valence-corrected chi connectivity index (χ0v) is 14.1. The fraction of sp³-hybridized carbons (Fsp3) is 0.938. The van der Waals surface area contributed by atoms with Crippen LogP contribution in [0.1, 0.15) is 53.4 Å². The Kier molecular flexibility index (Phi) is 8.04. The van der Waals surface area contributed by atoms with Crippen molar-refractivity contribution in [3.05, 3.63) is 0 Å². The van der Waals surface area contributed by atoms with Gasteiger partial charge < -0.3 is 20.2 Å². The highest BCUT2D eigenvalue weighted by atomic mass is 16.3. The third-order valence-corrected chi connectivity index (χ3v) is 4.09. The molecule has 1 unspecified atom stereocenters. The normalized spacial score (nSPS) is 18.8. The number of hydrogen-bond donors (Lipinski definition) is 2. The Balaban J connectivity index is 2.37. The SMILES string of the molecule is CCCCN1CCC(NC(=O)N(CC(C)O)C(C)C)CC1. The zero-order valence-electron chi connectivity index (χ0n) is 14.1. The molecule has 5 heteroatoms. The lowest BCUT2D eigenvalue weighted by molar-refractivity contribution is 0.114. The molecule has 1 atom stereocenters. The van der Waals surface area contributed by atoms with Gasteiger partial charge in [-0.2, -0.15) is 0 Å². The molecule has 1 saturated heterocycles. The number of carbonyl (C=O) groups excluding carboxylic acids is 1. The van der Waals surface area contributed by atoms with Crippen LogP contribution in [0.4, 0.5) is 4.79 Å². The Hall–Kier alpha value is -0.810. The first-order valence-corrected chi connectivity index (χ1v) is 8.41. The lowest BCUT2D eigenvalue weighted by atomic mass is 10.0. The van der Waals surface area contributed by atoms with E-state index in [0.717, 1.165) is 25.9 Å². The Labute approximate surface area is 129 Å². The minimum atomic E-state index is -0.492. The van der Waals surface area contributed by atoms with Crippen LogP contribution in [-0.2, 0) is 0 Å². The van der Waals surface area contributed by atoms with E-state index in [0.29, 0.717) is 6.54 Å². The Morgan fingerprint density at radius 1 is 1.33 bits per heavy atom. The van der Waals surface area contributed by atoms with E-state index in [-0.39, 0.29) is 18.1 Å². The van der Waals surface area contributed by atoms with E-state index in [2.05, 4.69) is 17.1 Å². The summed E-state index contributed by atoms with van der Waals surface area (Å²) in [7, 11) is 0. The number of nitrogens with one attached hydrogen (secondary N) is 1. The number of urea groups is 1. The van der Waals surface area contributed by atoms with Gasteiger partial charge in [0.2, 0.25) is 0 Å². The largest absolute Gasteiger partial charge is 0.392 e. The highest BCUT2D eigenvalue weighted by molar-refractivity contribution is 5.74. The van der Waals surface area contributed by atoms with E-state index in [9.17, 15) is 9.90 Å². The highest BCUT2D eigenvalue weighted by Gasteiger charge is 2.24. The molecule has 1 aliphatic heterocycles. The molecule has 124 valence electrons. The Morgan fingerprint density at radius 2 is 1.95 bits per heavy atom. The second kappa shape index (κ2) is 9.26. The van der Waals surface area contributed by atoms with Gasteiger partial charge in [0.15, 0.2) is 0 Å². The zero-order chi connectivity index (χ0) is 15.8. The summed E-state index contributed by atoms with van der Waals surface area (Å²) in [4.78, 5) is 16.5. The van der Waals surface area contributed by atoms with Crippen LogP contribution < -0.4 is 5.32 Å². The van der Waals surface area contributed by atoms with E-state index in [4.69, 9.17) is 0 Å². The summed E-state index contributed by atoms with van der Waals surface area (Å²) in [5, 5.41) is 12.6. The molecule has 0 aromatic heterocycles. The van der Waals surface area contributed by atoms with Crippen LogP contribution in [0, 0.1) is 0 Å². The third-order valence-electron chi connectivity index (χ3n) is 4.09. The van der Waals surface area contributed by atoms with Gasteiger partial charge in [-0.15, -0.1) is 0 Å². The molecule has 2 N–H and O–H groups in total. The lowest BCUT2D eigenvalue weighted by Gasteiger charge is -2.35. The summed E-state index contributed by atoms with van der Waals surface area (Å²) in [6.45, 7) is 11.6. The molecule has 0 spiro atoms. The van der Waals surface area contributed by atoms with Crippen molar-refractivity contribution in [2.24, 2.45) is 0 Å². The van der Waals surface area contributed by atoms with Gasteiger partial charge in [-0.3, -0.25) is 0 Å². The first-order chi connectivity index (χ1) is 9.93. The molecular weight excluding hydrogens is 266 g/mol. The minimum Gasteiger partial charge on any atom is -0.392 e. The predicted octanol–water partition coefficient (Wildman–Crippen LogP) is 2.05. The molecule has 1 fully saturated rings. The number of hydrogen-bond acceptors (Lipinski definition) is 3. The fourth-order valence-electron chi connectivity index (χ4n) is 2.75. The van der Waals surface area contributed by atoms with E-state index in [1.165, 1.54) is 19.4 Å². The van der Waals surface area contributed by atoms with Gasteiger partial charge in [0.25, 0.3) is 0 Å². The highest BCUT2D eigenvalue weighted by Crippen LogP contribution is 2.12. The van der Waals surface area contributed by atoms with Crippen LogP contribution in [0.2, 0.25) is 0 Å². The molecular formula is C16H33N3O2. The van der Waals surface area contributed by atoms with Gasteiger partial charge in [0.05, 0.1) is 6.10 Å². The van der Waals surface area contributed by atoms with Crippen LogP contribution in [-0.4, -0.2) is 65.3 Å². The van der Waals surface area contributed by atoms with E-state index in [1.807, 2.05) is 13.8 Å². The standard InChI is InChI=1S/C16H33N3O2/c1-5-6-9-18-10-7-15(8-11-18)17-16(21)19(13(2)3)12-14(4)20/h13-15,20H,5-12H2,1-4H3,(H,17,21). The predicted molar refractivity (Wildman–Crippen MR) is 86.4 cm³/mol. The third kappa shape index (κ3) is 6.66. The fourth-order valence-corrected chi connectivity index (χ4v) is 2.75. The Morgan fingerprint density at radius 3 is 2.43 bits per heavy atom. The number of likely N-dealkylation sites (tertiary alicyclic amines) is 1. The Bertz CT molecular complexity index is 300. The number of carbonyl (C=O) groups is 1. The van der Waals surface area contributed by atoms with Crippen LogP contribution >= 0.6 is 0 Å². The maximum Gasteiger partial charge on any atom is 0.317 e. The molecule has 0 saturated carbocycles. The summed E-state index contributed by atoms with van der Waals surface area (Å²) < 4.78 is 0. The van der Waals surface area contributed by atoms with Gasteiger partial charge in [-0.1, -0.05) is 13.3 Å². The number of aliphatic hydroxyl groups excluding tert-OH is 1. The summed E-state index contributed by atoms with van der Waals surface area (Å²) >= 11 is 0. The summed E-state index contributed by atoms with van der Waals surface area (Å²) in [6, 6.07) is 0.327. The maximum atomic E-state index is 12.3. The van der Waals surface area contributed by atoms with Crippen molar-refractivity contribution in [2.45, 2.75) is 71.6 Å². The van der Waals surface area contributed by atoms with Crippen LogP contribution in [0.15, 0.2) is 0 Å². The van der Waals surface area contributed by atoms with Crippen molar-refractivity contribution in [1.82, 2.24) is 15.1 Å². The minimum absolute atomic E-state index is 0.0436. The van der Waals surface area contributed by atoms with E-state index in [1.54, 1.807) is 11.8 Å². The summed E-state index contributed by atoms with van der Waals surface area (Å²) in [5.74, 6) is 0. The molecule has 21 heavy (non-hydrogen) atoms. The van der Waals surface area contributed by atoms with Crippen molar-refractivity contribution in [1.29, 1.82) is 0 Å². The van der Waals surface area contributed by atoms with Crippen molar-refractivity contribution in [2.75, 3.05) is 26.2 Å². The monoisotopic (exact) mass is 299 g/mol. The molecule has 0 aromatic rings. The van der Waals surface area contributed by atoms with Crippen molar-refractivity contribution < 1.29 is 9.90 Å². The molecule has 1 aliphatic rings. The van der Waals surface area contributed by atoms with Crippen molar-refractivity contribution >= 4 is 6.03 Å². The number of nitrogens with zero attached hydrogens (tertiary/aromatic N) is 2. The number of amides is 2. The maximum absolute atomic E-state index is 12.3. The average molecular weight is 299 g/mol. The van der Waals surface area contributed by atoms with E-state index >= 15 is 0 Å². The van der Waals surface area contributed by atoms with Crippen molar-refractivity contribution in [3.63, 3.8) is 0 Å². The van der Waals surface area contributed by atoms with Gasteiger partial charge in [0.1, 0.15) is 0 Å². The second-order valence-electron chi connectivity index (χ2n) is 6.51. The summed E-state index contributed by atoms with van der Waals surface area (Å²) in [5.41, 5.74) is 0. The van der Waals surface area contributed by atoms with Crippen LogP contribution in [0.25, 0.3) is 0 Å².